The van der Waals surface area contributed by atoms with E-state index in [2.05, 4.69) is 0 Å². The van der Waals surface area contributed by atoms with Gasteiger partial charge in [-0.05, 0) is 0 Å². The molecule has 13 heteroatoms. The van der Waals surface area contributed by atoms with E-state index in [4.69, 9.17) is 19.2 Å². The third kappa shape index (κ3) is 265. The molecule has 0 aliphatic carbocycles. The van der Waals surface area contributed by atoms with Crippen LogP contribution in [-0.2, 0) is 4.57 Å². The summed E-state index contributed by atoms with van der Waals surface area (Å²) in [5, 5.41) is 0. The average molecular weight is 286 g/mol. The van der Waals surface area contributed by atoms with Crippen molar-refractivity contribution in [3.63, 3.8) is 0 Å². The molecule has 0 aromatic rings. The van der Waals surface area contributed by atoms with Crippen molar-refractivity contribution in [3.05, 3.63) is 0 Å². The molecule has 0 aromatic carbocycles. The summed E-state index contributed by atoms with van der Waals surface area (Å²) < 4.78 is 8.88. The van der Waals surface area contributed by atoms with E-state index < -0.39 is 7.82 Å². The second-order valence-corrected chi connectivity index (χ2v) is 1.54. The molecule has 0 unspecified atom stereocenters. The van der Waals surface area contributed by atoms with Crippen LogP contribution in [-0.4, -0.2) is 47.5 Å². The largest absolute Gasteiger partial charge is 1.00 e. The van der Waals surface area contributed by atoms with Gasteiger partial charge in [0.25, 0.3) is 0 Å². The molecular formula is H17K2O10P. The van der Waals surface area contributed by atoms with Crippen LogP contribution >= 0.6 is 7.82 Å². The SMILES string of the molecule is O.O.O.O.O.O.O=P(O)(O)O.[H-].[H-].[K+].[K+]. The summed E-state index contributed by atoms with van der Waals surface area (Å²) in [5.41, 5.74) is 0. The Morgan fingerprint density at radius 2 is 0.692 bits per heavy atom. The van der Waals surface area contributed by atoms with E-state index >= 15 is 0 Å². The Labute approximate surface area is 162 Å². The third-order valence-electron chi connectivity index (χ3n) is 0. The molecule has 15 N–H and O–H groups in total. The van der Waals surface area contributed by atoms with Gasteiger partial charge in [0, 0.05) is 0 Å². The van der Waals surface area contributed by atoms with Crippen LogP contribution in [0.1, 0.15) is 2.85 Å². The number of phosphoric acid groups is 1. The summed E-state index contributed by atoms with van der Waals surface area (Å²) >= 11 is 0. The van der Waals surface area contributed by atoms with E-state index in [1.807, 2.05) is 0 Å². The van der Waals surface area contributed by atoms with Gasteiger partial charge in [-0.3, -0.25) is 0 Å². The summed E-state index contributed by atoms with van der Waals surface area (Å²) in [6.45, 7) is 0. The molecule has 0 radical (unpaired) electrons. The summed E-state index contributed by atoms with van der Waals surface area (Å²) in [6.07, 6.45) is 0. The maximum atomic E-state index is 8.88. The van der Waals surface area contributed by atoms with Crippen molar-refractivity contribution in [3.8, 4) is 0 Å². The minimum atomic E-state index is -4.64. The van der Waals surface area contributed by atoms with Crippen LogP contribution in [0.15, 0.2) is 0 Å². The molecule has 84 valence electrons. The molecule has 0 atom stereocenters. The van der Waals surface area contributed by atoms with Crippen LogP contribution in [0.3, 0.4) is 0 Å². The first kappa shape index (κ1) is 72.6. The molecular weight excluding hydrogens is 269 g/mol. The van der Waals surface area contributed by atoms with E-state index in [9.17, 15) is 0 Å². The van der Waals surface area contributed by atoms with Crippen molar-refractivity contribution >= 4 is 7.82 Å². The molecule has 0 aromatic heterocycles. The van der Waals surface area contributed by atoms with Crippen molar-refractivity contribution in [2.24, 2.45) is 0 Å². The van der Waals surface area contributed by atoms with Crippen molar-refractivity contribution in [2.75, 3.05) is 0 Å². The molecule has 0 rings (SSSR count). The fourth-order valence-electron chi connectivity index (χ4n) is 0. The molecule has 0 saturated carbocycles. The quantitative estimate of drug-likeness (QED) is 0.288. The van der Waals surface area contributed by atoms with Gasteiger partial charge in [-0.2, -0.15) is 0 Å². The predicted molar refractivity (Wildman–Crippen MR) is 38.2 cm³/mol. The Balaban J connectivity index is -0.00000000178. The van der Waals surface area contributed by atoms with Crippen LogP contribution in [0.2, 0.25) is 0 Å². The molecule has 0 bridgehead atoms. The normalized spacial score (nSPS) is 4.54. The van der Waals surface area contributed by atoms with Gasteiger partial charge in [-0.1, -0.05) is 0 Å². The van der Waals surface area contributed by atoms with Gasteiger partial charge < -0.3 is 50.4 Å². The van der Waals surface area contributed by atoms with Gasteiger partial charge in [0.15, 0.2) is 0 Å². The summed E-state index contributed by atoms with van der Waals surface area (Å²) in [4.78, 5) is 21.6. The Hall–Kier alpha value is 3.14. The van der Waals surface area contributed by atoms with E-state index in [1.54, 1.807) is 0 Å². The average Bonchev–Trinajstić information content (AvgIpc) is 0.722. The first-order chi connectivity index (χ1) is 2.00. The van der Waals surface area contributed by atoms with Crippen molar-refractivity contribution in [2.45, 2.75) is 0 Å². The third-order valence-corrected chi connectivity index (χ3v) is 0. The fourth-order valence-corrected chi connectivity index (χ4v) is 0. The maximum Gasteiger partial charge on any atom is 1.00 e. The zero-order valence-electron chi connectivity index (χ0n) is 9.20. The molecule has 13 heavy (non-hydrogen) atoms. The maximum absolute atomic E-state index is 8.88. The van der Waals surface area contributed by atoms with Gasteiger partial charge in [0.1, 0.15) is 0 Å². The molecule has 0 aliphatic heterocycles. The summed E-state index contributed by atoms with van der Waals surface area (Å²) in [6, 6.07) is 0. The molecule has 0 spiro atoms. The second-order valence-electron chi connectivity index (χ2n) is 0.513. The molecule has 10 nitrogen and oxygen atoms in total. The predicted octanol–water partition coefficient (Wildman–Crippen LogP) is -11.6. The van der Waals surface area contributed by atoms with Crippen LogP contribution in [0.5, 0.6) is 0 Å². The van der Waals surface area contributed by atoms with Crippen LogP contribution in [0.4, 0.5) is 0 Å². The summed E-state index contributed by atoms with van der Waals surface area (Å²) in [7, 11) is -4.64. The molecule has 0 fully saturated rings. The minimum Gasteiger partial charge on any atom is -1.00 e. The van der Waals surface area contributed by atoms with Crippen LogP contribution in [0, 0.1) is 0 Å². The van der Waals surface area contributed by atoms with E-state index in [-0.39, 0.29) is 138 Å². The van der Waals surface area contributed by atoms with Crippen LogP contribution < -0.4 is 103 Å². The molecule has 0 saturated heterocycles. The van der Waals surface area contributed by atoms with Gasteiger partial charge in [-0.15, -0.1) is 0 Å². The second kappa shape index (κ2) is 36.2. The monoisotopic (exact) mass is 286 g/mol. The molecule has 0 amide bonds. The van der Waals surface area contributed by atoms with Gasteiger partial charge in [0.05, 0.1) is 0 Å². The van der Waals surface area contributed by atoms with Crippen molar-refractivity contribution in [1.82, 2.24) is 0 Å². The topological polar surface area (TPSA) is 267 Å². The van der Waals surface area contributed by atoms with Crippen LogP contribution in [0.25, 0.3) is 0 Å². The first-order valence-electron chi connectivity index (χ1n) is 0.783. The number of hydrogen-bond donors (Lipinski definition) is 3. The standard InChI is InChI=1S/2K.H3O4P.6H2O.2H/c;;1-5(2,3)4;;;;;;;;/h;;(H3,1,2,3,4);6*1H2;;/q2*+1;;;;;;;;2*-1. The van der Waals surface area contributed by atoms with E-state index in [0.717, 1.165) is 0 Å². The smallest absolute Gasteiger partial charge is 1.00 e. The number of hydrogen-bond acceptors (Lipinski definition) is 1. The first-order valence-corrected chi connectivity index (χ1v) is 2.35. The van der Waals surface area contributed by atoms with Gasteiger partial charge in [0.2, 0.25) is 0 Å². The molecule has 0 aliphatic rings. The minimum absolute atomic E-state index is 0. The summed E-state index contributed by atoms with van der Waals surface area (Å²) in [5.74, 6) is 0. The van der Waals surface area contributed by atoms with Crippen molar-refractivity contribution in [1.29, 1.82) is 0 Å². The van der Waals surface area contributed by atoms with E-state index in [0.29, 0.717) is 0 Å². The van der Waals surface area contributed by atoms with Gasteiger partial charge in [-0.25, -0.2) is 4.57 Å². The van der Waals surface area contributed by atoms with Crippen molar-refractivity contribution < 1.29 is 158 Å². The zero-order chi connectivity index (χ0) is 4.50. The Morgan fingerprint density at radius 3 is 0.692 bits per heavy atom. The fraction of sp³-hybridized carbons (Fsp3) is 0. The molecule has 0 heterocycles. The zero-order valence-corrected chi connectivity index (χ0v) is 14.3. The Bertz CT molecular complexity index is 67.6. The Morgan fingerprint density at radius 1 is 0.692 bits per heavy atom. The van der Waals surface area contributed by atoms with Gasteiger partial charge >= 0.3 is 111 Å². The van der Waals surface area contributed by atoms with E-state index in [1.165, 1.54) is 0 Å². The number of rotatable bonds is 0. The Kier molecular flexibility index (Phi) is 202.